The number of halogens is 22. The van der Waals surface area contributed by atoms with Gasteiger partial charge >= 0.3 is 0 Å². The third-order valence-corrected chi connectivity index (χ3v) is 11.7. The molecule has 0 nitrogen and oxygen atoms in total. The van der Waals surface area contributed by atoms with Crippen LogP contribution in [0.25, 0.3) is 22.3 Å². The lowest BCUT2D eigenvalue weighted by Gasteiger charge is -2.18. The molecule has 0 saturated heterocycles. The maximum Gasteiger partial charge on any atom is 0.200 e. The van der Waals surface area contributed by atoms with Gasteiger partial charge in [0.15, 0.2) is 116 Å². The zero-order valence-electron chi connectivity index (χ0n) is 24.7. The van der Waals surface area contributed by atoms with Gasteiger partial charge in [0.25, 0.3) is 0 Å². The van der Waals surface area contributed by atoms with Crippen LogP contribution in [0, 0.1) is 128 Å². The van der Waals surface area contributed by atoms with E-state index in [1.54, 1.807) is 0 Å². The maximum atomic E-state index is 15.2. The number of benzene rings is 5. The molecule has 0 heterocycles. The Morgan fingerprint density at radius 3 is 0.426 bits per heavy atom. The molecule has 286 valence electrons. The zero-order valence-corrected chi connectivity index (χ0v) is 27.6. The highest BCUT2D eigenvalue weighted by atomic mass is 28.2. The van der Waals surface area contributed by atoms with Crippen molar-refractivity contribution >= 4 is 39.8 Å². The smallest absolute Gasteiger partial charge is 0.200 e. The van der Waals surface area contributed by atoms with Gasteiger partial charge in [0.1, 0.15) is 19.0 Å². The Labute approximate surface area is 286 Å². The average Bonchev–Trinajstić information content (AvgIpc) is 3.14. The van der Waals surface area contributed by atoms with E-state index in [4.69, 9.17) is 0 Å². The molecular weight excluding hydrogens is 834 g/mol. The predicted molar refractivity (Wildman–Crippen MR) is 145 cm³/mol. The van der Waals surface area contributed by atoms with Gasteiger partial charge in [0.05, 0.1) is 22.3 Å². The molecular formula is C30H4F22Si2. The molecule has 0 bridgehead atoms. The summed E-state index contributed by atoms with van der Waals surface area (Å²) in [7, 11) is -7.77. The van der Waals surface area contributed by atoms with Crippen molar-refractivity contribution in [2.24, 2.45) is 0 Å². The molecule has 0 radical (unpaired) electrons. The summed E-state index contributed by atoms with van der Waals surface area (Å²) < 4.78 is 318. The Morgan fingerprint density at radius 1 is 0.148 bits per heavy atom. The van der Waals surface area contributed by atoms with Crippen molar-refractivity contribution in [3.05, 3.63) is 128 Å². The quantitative estimate of drug-likeness (QED) is 0.0814. The van der Waals surface area contributed by atoms with E-state index in [9.17, 15) is 61.5 Å². The van der Waals surface area contributed by atoms with E-state index in [1.807, 2.05) is 0 Å². The molecule has 5 aromatic carbocycles. The topological polar surface area (TPSA) is 0 Å². The highest BCUT2D eigenvalue weighted by Gasteiger charge is 2.39. The van der Waals surface area contributed by atoms with E-state index in [0.29, 0.717) is 0 Å². The predicted octanol–water partition coefficient (Wildman–Crippen LogP) is 6.32. The molecule has 24 heteroatoms. The zero-order chi connectivity index (χ0) is 40.7. The van der Waals surface area contributed by atoms with Crippen molar-refractivity contribution in [3.63, 3.8) is 0 Å². The Kier molecular flexibility index (Phi) is 10.4. The summed E-state index contributed by atoms with van der Waals surface area (Å²) in [5.41, 5.74) is -11.0. The first-order chi connectivity index (χ1) is 25.0. The second-order valence-electron chi connectivity index (χ2n) is 10.7. The summed E-state index contributed by atoms with van der Waals surface area (Å²) in [6.07, 6.45) is 0. The van der Waals surface area contributed by atoms with Crippen LogP contribution in [0.5, 0.6) is 0 Å². The third kappa shape index (κ3) is 5.79. The van der Waals surface area contributed by atoms with Crippen molar-refractivity contribution in [1.29, 1.82) is 0 Å². The SMILES string of the molecule is Fc1c(F)c(F)c([SiH2]c2c(F)c(F)c(-c3c(F)c(F)c(-c4c(F)c(F)c([SiH2]c5c(F)c(F)c(F)c(F)c5F)c(F)c4F)c(F)c3F)c(F)c2F)c(F)c1F. The van der Waals surface area contributed by atoms with Gasteiger partial charge in [-0.05, 0) is 0 Å². The molecule has 0 N–H and O–H groups in total. The minimum atomic E-state index is -3.88. The largest absolute Gasteiger partial charge is 0.204 e. The van der Waals surface area contributed by atoms with Gasteiger partial charge in [-0.2, -0.15) is 0 Å². The molecule has 0 saturated carbocycles. The fraction of sp³-hybridized carbons (Fsp3) is 0. The number of rotatable bonds is 6. The van der Waals surface area contributed by atoms with Crippen molar-refractivity contribution < 1.29 is 96.6 Å². The molecule has 0 aromatic heterocycles. The second kappa shape index (κ2) is 14.0. The first-order valence-electron chi connectivity index (χ1n) is 13.6. The monoisotopic (exact) mass is 838 g/mol. The van der Waals surface area contributed by atoms with E-state index in [-0.39, 0.29) is 0 Å². The molecule has 5 rings (SSSR count). The molecule has 0 spiro atoms. The summed E-state index contributed by atoms with van der Waals surface area (Å²) in [6, 6.07) is 0. The van der Waals surface area contributed by atoms with Gasteiger partial charge < -0.3 is 0 Å². The molecule has 0 amide bonds. The summed E-state index contributed by atoms with van der Waals surface area (Å²) in [5, 5.41) is -8.14. The number of hydrogen-bond acceptors (Lipinski definition) is 0. The Balaban J connectivity index is 1.70. The highest BCUT2D eigenvalue weighted by Crippen LogP contribution is 2.41. The normalized spacial score (nSPS) is 12.1. The van der Waals surface area contributed by atoms with E-state index < -0.39 is 190 Å². The molecule has 0 aliphatic carbocycles. The molecule has 0 aliphatic heterocycles. The first kappa shape index (κ1) is 40.2. The Hall–Kier alpha value is -5.01. The van der Waals surface area contributed by atoms with Crippen molar-refractivity contribution in [3.8, 4) is 22.3 Å². The fourth-order valence-electron chi connectivity index (χ4n) is 5.14. The molecule has 0 aliphatic rings. The van der Waals surface area contributed by atoms with Crippen LogP contribution in [-0.4, -0.2) is 19.0 Å². The summed E-state index contributed by atoms with van der Waals surface area (Å²) in [5.74, 6) is -63.5. The van der Waals surface area contributed by atoms with Gasteiger partial charge in [-0.25, -0.2) is 96.6 Å². The Morgan fingerprint density at radius 2 is 0.259 bits per heavy atom. The molecule has 54 heavy (non-hydrogen) atoms. The van der Waals surface area contributed by atoms with Gasteiger partial charge in [0.2, 0.25) is 11.6 Å². The molecule has 0 unspecified atom stereocenters. The van der Waals surface area contributed by atoms with Crippen LogP contribution in [0.1, 0.15) is 0 Å². The molecule has 5 aromatic rings. The summed E-state index contributed by atoms with van der Waals surface area (Å²) >= 11 is 0. The first-order valence-corrected chi connectivity index (χ1v) is 16.4. The van der Waals surface area contributed by atoms with E-state index in [2.05, 4.69) is 0 Å². The van der Waals surface area contributed by atoms with Gasteiger partial charge in [0, 0.05) is 20.7 Å². The second-order valence-corrected chi connectivity index (χ2v) is 14.2. The lowest BCUT2D eigenvalue weighted by atomic mass is 9.95. The van der Waals surface area contributed by atoms with Crippen molar-refractivity contribution in [2.45, 2.75) is 0 Å². The van der Waals surface area contributed by atoms with Crippen LogP contribution >= 0.6 is 0 Å². The lowest BCUT2D eigenvalue weighted by molar-refractivity contribution is 0.384. The van der Waals surface area contributed by atoms with Gasteiger partial charge in [-0.1, -0.05) is 0 Å². The van der Waals surface area contributed by atoms with E-state index in [0.717, 1.165) is 0 Å². The fourth-order valence-corrected chi connectivity index (χ4v) is 8.33. The van der Waals surface area contributed by atoms with Crippen molar-refractivity contribution in [1.82, 2.24) is 0 Å². The van der Waals surface area contributed by atoms with Crippen LogP contribution in [0.15, 0.2) is 0 Å². The minimum Gasteiger partial charge on any atom is -0.204 e. The van der Waals surface area contributed by atoms with Gasteiger partial charge in [-0.3, -0.25) is 0 Å². The third-order valence-electron chi connectivity index (χ3n) is 7.78. The van der Waals surface area contributed by atoms with E-state index in [1.165, 1.54) is 0 Å². The number of hydrogen-bond donors (Lipinski definition) is 0. The van der Waals surface area contributed by atoms with Crippen molar-refractivity contribution in [2.75, 3.05) is 0 Å². The average molecular weight is 838 g/mol. The molecule has 0 fully saturated rings. The summed E-state index contributed by atoms with van der Waals surface area (Å²) in [4.78, 5) is 0. The summed E-state index contributed by atoms with van der Waals surface area (Å²) in [6.45, 7) is 0. The minimum absolute atomic E-state index is 1.97. The van der Waals surface area contributed by atoms with Crippen LogP contribution in [0.3, 0.4) is 0 Å². The standard InChI is InChI=1S/C30H4F22Si2/c31-5-1(3-9(35)19(45)27(20(46)10(3)36)53-29-23(49)15(41)13(39)16(42)24(29)50)6(32)8(34)2(7(5)33)4-11(37)21(47)28(22(48)12(4)38)54-30-25(51)17(43)14(40)18(44)26(30)52/h53-54H2. The molecule has 0 atom stereocenters. The van der Waals surface area contributed by atoms with Gasteiger partial charge in [-0.15, -0.1) is 0 Å². The van der Waals surface area contributed by atoms with Crippen LogP contribution in [0.4, 0.5) is 96.6 Å². The lowest BCUT2D eigenvalue weighted by Crippen LogP contribution is -2.39. The van der Waals surface area contributed by atoms with Crippen LogP contribution < -0.4 is 20.7 Å². The maximum absolute atomic E-state index is 15.2. The van der Waals surface area contributed by atoms with Crippen LogP contribution in [0.2, 0.25) is 0 Å². The Bertz CT molecular complexity index is 2160. The highest BCUT2D eigenvalue weighted by molar-refractivity contribution is 6.68. The van der Waals surface area contributed by atoms with Crippen LogP contribution in [-0.2, 0) is 0 Å². The van der Waals surface area contributed by atoms with E-state index >= 15 is 35.1 Å².